The molecule has 0 amide bonds. The van der Waals surface area contributed by atoms with Crippen molar-refractivity contribution in [3.63, 3.8) is 0 Å². The summed E-state index contributed by atoms with van der Waals surface area (Å²) >= 11 is 0. The van der Waals surface area contributed by atoms with E-state index in [0.29, 0.717) is 0 Å². The number of aromatic nitrogens is 2. The molecule has 1 N–H and O–H groups in total. The predicted octanol–water partition coefficient (Wildman–Crippen LogP) is 1.79. The Bertz CT molecular complexity index is 495. The summed E-state index contributed by atoms with van der Waals surface area (Å²) in [5, 5.41) is 3.41. The number of hydrogen-bond acceptors (Lipinski definition) is 2. The second-order valence-corrected chi connectivity index (χ2v) is 4.66. The first kappa shape index (κ1) is 9.85. The SMILES string of the molecule is Cc1cccc2cnc(CC3CCNC3)n12. The Hall–Kier alpha value is -1.35. The first-order chi connectivity index (χ1) is 7.84. The van der Waals surface area contributed by atoms with Crippen LogP contribution in [0.2, 0.25) is 0 Å². The topological polar surface area (TPSA) is 29.3 Å². The summed E-state index contributed by atoms with van der Waals surface area (Å²) in [7, 11) is 0. The molecule has 0 bridgehead atoms. The van der Waals surface area contributed by atoms with E-state index < -0.39 is 0 Å². The van der Waals surface area contributed by atoms with Crippen LogP contribution in [0.3, 0.4) is 0 Å². The molecule has 1 fully saturated rings. The molecule has 1 aliphatic heterocycles. The van der Waals surface area contributed by atoms with Gasteiger partial charge in [0.05, 0.1) is 11.7 Å². The number of imidazole rings is 1. The van der Waals surface area contributed by atoms with Crippen LogP contribution in [-0.2, 0) is 6.42 Å². The van der Waals surface area contributed by atoms with E-state index in [9.17, 15) is 0 Å². The molecule has 0 saturated carbocycles. The molecule has 1 atom stereocenters. The highest BCUT2D eigenvalue weighted by Crippen LogP contribution is 2.17. The van der Waals surface area contributed by atoms with Gasteiger partial charge >= 0.3 is 0 Å². The van der Waals surface area contributed by atoms with E-state index in [1.807, 2.05) is 6.20 Å². The van der Waals surface area contributed by atoms with Crippen molar-refractivity contribution in [3.8, 4) is 0 Å². The largest absolute Gasteiger partial charge is 0.316 e. The Balaban J connectivity index is 1.97. The normalized spacial score (nSPS) is 20.7. The highest BCUT2D eigenvalue weighted by atomic mass is 15.0. The molecule has 84 valence electrons. The number of pyridine rings is 1. The molecular formula is C13H17N3. The summed E-state index contributed by atoms with van der Waals surface area (Å²) < 4.78 is 2.28. The first-order valence-electron chi connectivity index (χ1n) is 5.97. The van der Waals surface area contributed by atoms with Gasteiger partial charge in [-0.2, -0.15) is 0 Å². The van der Waals surface area contributed by atoms with Crippen LogP contribution < -0.4 is 5.32 Å². The lowest BCUT2D eigenvalue weighted by Gasteiger charge is -2.09. The van der Waals surface area contributed by atoms with Crippen molar-refractivity contribution in [3.05, 3.63) is 35.9 Å². The van der Waals surface area contributed by atoms with Crippen molar-refractivity contribution in [2.24, 2.45) is 5.92 Å². The lowest BCUT2D eigenvalue weighted by atomic mass is 10.0. The lowest BCUT2D eigenvalue weighted by Crippen LogP contribution is -2.12. The Morgan fingerprint density at radius 2 is 2.44 bits per heavy atom. The highest BCUT2D eigenvalue weighted by Gasteiger charge is 2.17. The summed E-state index contributed by atoms with van der Waals surface area (Å²) in [5.74, 6) is 1.96. The molecule has 1 saturated heterocycles. The number of aryl methyl sites for hydroxylation is 1. The fraction of sp³-hybridized carbons (Fsp3) is 0.462. The second kappa shape index (κ2) is 3.91. The zero-order chi connectivity index (χ0) is 11.0. The van der Waals surface area contributed by atoms with Gasteiger partial charge in [-0.05, 0) is 44.5 Å². The highest BCUT2D eigenvalue weighted by molar-refractivity contribution is 5.47. The molecule has 3 heteroatoms. The van der Waals surface area contributed by atoms with Gasteiger partial charge in [-0.3, -0.25) is 0 Å². The third kappa shape index (κ3) is 1.61. The van der Waals surface area contributed by atoms with Crippen molar-refractivity contribution < 1.29 is 0 Å². The fourth-order valence-electron chi connectivity index (χ4n) is 2.58. The molecule has 1 unspecified atom stereocenters. The molecule has 3 nitrogen and oxygen atoms in total. The van der Waals surface area contributed by atoms with Gasteiger partial charge in [0.2, 0.25) is 0 Å². The monoisotopic (exact) mass is 215 g/mol. The summed E-state index contributed by atoms with van der Waals surface area (Å²) in [6, 6.07) is 6.36. The molecule has 1 aliphatic rings. The Kier molecular flexibility index (Phi) is 2.40. The fourth-order valence-corrected chi connectivity index (χ4v) is 2.58. The number of fused-ring (bicyclic) bond motifs is 1. The number of rotatable bonds is 2. The minimum absolute atomic E-state index is 0.755. The van der Waals surface area contributed by atoms with Crippen LogP contribution in [0, 0.1) is 12.8 Å². The van der Waals surface area contributed by atoms with Gasteiger partial charge in [-0.25, -0.2) is 4.98 Å². The van der Waals surface area contributed by atoms with Gasteiger partial charge in [0.15, 0.2) is 0 Å². The van der Waals surface area contributed by atoms with Gasteiger partial charge in [0.25, 0.3) is 0 Å². The molecule has 2 aromatic rings. The van der Waals surface area contributed by atoms with Crippen molar-refractivity contribution in [1.82, 2.24) is 14.7 Å². The van der Waals surface area contributed by atoms with E-state index >= 15 is 0 Å². The number of nitrogens with one attached hydrogen (secondary N) is 1. The Morgan fingerprint density at radius 3 is 3.25 bits per heavy atom. The minimum atomic E-state index is 0.755. The summed E-state index contributed by atoms with van der Waals surface area (Å²) in [5.41, 5.74) is 2.48. The molecule has 2 aromatic heterocycles. The van der Waals surface area contributed by atoms with Crippen LogP contribution in [0.25, 0.3) is 5.52 Å². The standard InChI is InChI=1S/C13H17N3/c1-10-3-2-4-12-9-15-13(16(10)12)7-11-5-6-14-8-11/h2-4,9,11,14H,5-8H2,1H3. The number of hydrogen-bond donors (Lipinski definition) is 1. The van der Waals surface area contributed by atoms with Crippen molar-refractivity contribution in [2.45, 2.75) is 19.8 Å². The average Bonchev–Trinajstić information content (AvgIpc) is 2.90. The second-order valence-electron chi connectivity index (χ2n) is 4.66. The van der Waals surface area contributed by atoms with E-state index in [-0.39, 0.29) is 0 Å². The average molecular weight is 215 g/mol. The molecule has 0 aliphatic carbocycles. The molecule has 0 radical (unpaired) electrons. The van der Waals surface area contributed by atoms with Crippen LogP contribution in [0.15, 0.2) is 24.4 Å². The predicted molar refractivity (Wildman–Crippen MR) is 64.6 cm³/mol. The molecule has 3 rings (SSSR count). The summed E-state index contributed by atoms with van der Waals surface area (Å²) in [4.78, 5) is 4.55. The van der Waals surface area contributed by atoms with Crippen molar-refractivity contribution in [1.29, 1.82) is 0 Å². The maximum absolute atomic E-state index is 4.55. The Morgan fingerprint density at radius 1 is 1.50 bits per heavy atom. The van der Waals surface area contributed by atoms with Crippen LogP contribution in [-0.4, -0.2) is 22.5 Å². The molecular weight excluding hydrogens is 198 g/mol. The Labute approximate surface area is 95.5 Å². The van der Waals surface area contributed by atoms with Crippen molar-refractivity contribution >= 4 is 5.52 Å². The smallest absolute Gasteiger partial charge is 0.113 e. The summed E-state index contributed by atoms with van der Waals surface area (Å²) in [6.07, 6.45) is 4.34. The molecule has 0 aromatic carbocycles. The third-order valence-corrected chi connectivity index (χ3v) is 3.45. The van der Waals surface area contributed by atoms with Crippen LogP contribution in [0.4, 0.5) is 0 Å². The van der Waals surface area contributed by atoms with E-state index in [4.69, 9.17) is 0 Å². The molecule has 16 heavy (non-hydrogen) atoms. The number of nitrogens with zero attached hydrogens (tertiary/aromatic N) is 2. The quantitative estimate of drug-likeness (QED) is 0.827. The summed E-state index contributed by atoms with van der Waals surface area (Å²) in [6.45, 7) is 4.44. The third-order valence-electron chi connectivity index (χ3n) is 3.45. The van der Waals surface area contributed by atoms with Crippen LogP contribution in [0.1, 0.15) is 17.9 Å². The van der Waals surface area contributed by atoms with Crippen molar-refractivity contribution in [2.75, 3.05) is 13.1 Å². The van der Waals surface area contributed by atoms with Crippen LogP contribution in [0.5, 0.6) is 0 Å². The van der Waals surface area contributed by atoms with Gasteiger partial charge in [0.1, 0.15) is 5.82 Å². The minimum Gasteiger partial charge on any atom is -0.316 e. The van der Waals surface area contributed by atoms with E-state index in [1.165, 1.54) is 23.5 Å². The maximum atomic E-state index is 4.55. The lowest BCUT2D eigenvalue weighted by molar-refractivity contribution is 0.559. The molecule has 0 spiro atoms. The van der Waals surface area contributed by atoms with E-state index in [2.05, 4.69) is 39.8 Å². The van der Waals surface area contributed by atoms with E-state index in [1.54, 1.807) is 0 Å². The zero-order valence-electron chi connectivity index (χ0n) is 9.61. The zero-order valence-corrected chi connectivity index (χ0v) is 9.61. The molecule has 3 heterocycles. The van der Waals surface area contributed by atoms with Gasteiger partial charge < -0.3 is 9.72 Å². The van der Waals surface area contributed by atoms with Gasteiger partial charge in [0, 0.05) is 12.1 Å². The van der Waals surface area contributed by atoms with Gasteiger partial charge in [-0.1, -0.05) is 6.07 Å². The first-order valence-corrected chi connectivity index (χ1v) is 5.97. The maximum Gasteiger partial charge on any atom is 0.113 e. The van der Waals surface area contributed by atoms with Crippen LogP contribution >= 0.6 is 0 Å². The van der Waals surface area contributed by atoms with E-state index in [0.717, 1.165) is 25.4 Å². The van der Waals surface area contributed by atoms with Gasteiger partial charge in [-0.15, -0.1) is 0 Å².